The van der Waals surface area contributed by atoms with E-state index < -0.39 is 5.41 Å². The fraction of sp³-hybridized carbons (Fsp3) is 0.385. The zero-order chi connectivity index (χ0) is 23.5. The molecule has 3 aliphatic rings. The van der Waals surface area contributed by atoms with Gasteiger partial charge in [-0.15, -0.1) is 0 Å². The van der Waals surface area contributed by atoms with E-state index in [0.717, 1.165) is 28.1 Å². The van der Waals surface area contributed by atoms with Gasteiger partial charge in [-0.2, -0.15) is 10.2 Å². The van der Waals surface area contributed by atoms with Gasteiger partial charge < -0.3 is 10.6 Å². The second-order valence-electron chi connectivity index (χ2n) is 9.73. The van der Waals surface area contributed by atoms with Crippen LogP contribution < -0.4 is 10.6 Å². The molecule has 3 aliphatic heterocycles. The van der Waals surface area contributed by atoms with Gasteiger partial charge in [0.25, 0.3) is 5.91 Å². The molecule has 2 N–H and O–H groups in total. The second-order valence-corrected chi connectivity index (χ2v) is 9.73. The molecule has 0 bridgehead atoms. The fourth-order valence-electron chi connectivity index (χ4n) is 5.65. The van der Waals surface area contributed by atoms with Crippen LogP contribution in [0.2, 0.25) is 0 Å². The minimum atomic E-state index is -0.714. The Balaban J connectivity index is 1.78. The summed E-state index contributed by atoms with van der Waals surface area (Å²) in [5, 5.41) is 15.5. The van der Waals surface area contributed by atoms with Gasteiger partial charge >= 0.3 is 0 Å². The maximum Gasteiger partial charge on any atom is 0.250 e. The predicted molar refractivity (Wildman–Crippen MR) is 125 cm³/mol. The number of benzene rings is 1. The summed E-state index contributed by atoms with van der Waals surface area (Å²) >= 11 is 0. The molecule has 4 heterocycles. The van der Waals surface area contributed by atoms with E-state index in [-0.39, 0.29) is 23.4 Å². The van der Waals surface area contributed by atoms with Crippen LogP contribution in [0.5, 0.6) is 0 Å². The molecule has 0 spiro atoms. The van der Waals surface area contributed by atoms with Crippen LogP contribution in [-0.2, 0) is 10.2 Å². The molecule has 170 valence electrons. The largest absolute Gasteiger partial charge is 0.362 e. The third-order valence-corrected chi connectivity index (χ3v) is 7.04. The van der Waals surface area contributed by atoms with Gasteiger partial charge in [0.1, 0.15) is 0 Å². The van der Waals surface area contributed by atoms with Gasteiger partial charge in [0, 0.05) is 35.0 Å². The minimum absolute atomic E-state index is 0.0856. The van der Waals surface area contributed by atoms with Crippen LogP contribution in [0.4, 0.5) is 4.39 Å². The highest BCUT2D eigenvalue weighted by Crippen LogP contribution is 2.53. The second kappa shape index (κ2) is 7.33. The average molecular weight is 446 g/mol. The van der Waals surface area contributed by atoms with E-state index in [0.29, 0.717) is 29.7 Å². The van der Waals surface area contributed by atoms with E-state index in [1.54, 1.807) is 19.2 Å². The number of nitrogens with one attached hydrogen (secondary N) is 2. The van der Waals surface area contributed by atoms with Crippen molar-refractivity contribution in [2.24, 2.45) is 10.2 Å². The SMILES string of the molecule is CCC1(c2cccc(-c3ccnc(C)c3F)c2)C2=C(CC(C)(C)NC2=O)NC2N=NC(C)=C21. The van der Waals surface area contributed by atoms with Crippen molar-refractivity contribution in [2.45, 2.75) is 64.6 Å². The lowest BCUT2D eigenvalue weighted by Crippen LogP contribution is -2.58. The molecule has 0 radical (unpaired) electrons. The molecular weight excluding hydrogens is 417 g/mol. The van der Waals surface area contributed by atoms with Gasteiger partial charge in [0.05, 0.1) is 22.4 Å². The Labute approximate surface area is 193 Å². The highest BCUT2D eigenvalue weighted by Gasteiger charge is 2.54. The molecule has 1 aromatic heterocycles. The first-order valence-electron chi connectivity index (χ1n) is 11.3. The number of carbonyl (C=O) groups is 1. The topological polar surface area (TPSA) is 78.7 Å². The Morgan fingerprint density at radius 1 is 1.21 bits per heavy atom. The Morgan fingerprint density at radius 2 is 2.00 bits per heavy atom. The molecule has 0 saturated carbocycles. The third kappa shape index (κ3) is 3.13. The van der Waals surface area contributed by atoms with Gasteiger partial charge in [-0.1, -0.05) is 25.1 Å². The summed E-state index contributed by atoms with van der Waals surface area (Å²) in [5.41, 5.74) is 4.88. The minimum Gasteiger partial charge on any atom is -0.362 e. The Kier molecular flexibility index (Phi) is 4.78. The van der Waals surface area contributed by atoms with Crippen molar-refractivity contribution in [3.05, 3.63) is 76.1 Å². The molecule has 2 unspecified atom stereocenters. The Bertz CT molecular complexity index is 1280. The molecule has 1 amide bonds. The molecule has 2 aromatic rings. The van der Waals surface area contributed by atoms with Crippen molar-refractivity contribution >= 4 is 5.91 Å². The van der Waals surface area contributed by atoms with Crippen LogP contribution >= 0.6 is 0 Å². The number of azo groups is 1. The molecule has 0 saturated heterocycles. The van der Waals surface area contributed by atoms with E-state index in [9.17, 15) is 9.18 Å². The molecule has 2 atom stereocenters. The summed E-state index contributed by atoms with van der Waals surface area (Å²) in [4.78, 5) is 17.6. The molecule has 33 heavy (non-hydrogen) atoms. The lowest BCUT2D eigenvalue weighted by molar-refractivity contribution is -0.120. The lowest BCUT2D eigenvalue weighted by Gasteiger charge is -2.48. The zero-order valence-corrected chi connectivity index (χ0v) is 19.6. The Morgan fingerprint density at radius 3 is 2.76 bits per heavy atom. The number of halogens is 1. The van der Waals surface area contributed by atoms with Crippen LogP contribution in [0.3, 0.4) is 0 Å². The Hall–Kier alpha value is -3.35. The molecule has 6 nitrogen and oxygen atoms in total. The number of carbonyl (C=O) groups excluding carboxylic acids is 1. The summed E-state index contributed by atoms with van der Waals surface area (Å²) in [5.74, 6) is -0.417. The molecule has 5 rings (SSSR count). The molecule has 1 aromatic carbocycles. The average Bonchev–Trinajstić information content (AvgIpc) is 3.14. The van der Waals surface area contributed by atoms with Gasteiger partial charge in [-0.25, -0.2) is 4.39 Å². The van der Waals surface area contributed by atoms with E-state index in [2.05, 4.69) is 32.8 Å². The van der Waals surface area contributed by atoms with E-state index in [4.69, 9.17) is 0 Å². The number of aryl methyl sites for hydroxylation is 1. The monoisotopic (exact) mass is 445 g/mol. The van der Waals surface area contributed by atoms with Crippen molar-refractivity contribution in [2.75, 3.05) is 0 Å². The van der Waals surface area contributed by atoms with Gasteiger partial charge in [0.2, 0.25) is 0 Å². The van der Waals surface area contributed by atoms with Crippen molar-refractivity contribution in [1.29, 1.82) is 0 Å². The van der Waals surface area contributed by atoms with Crippen molar-refractivity contribution in [3.63, 3.8) is 0 Å². The number of amides is 1. The first kappa shape index (κ1) is 21.5. The van der Waals surface area contributed by atoms with E-state index >= 15 is 0 Å². The number of fused-ring (bicyclic) bond motifs is 1. The van der Waals surface area contributed by atoms with E-state index in [1.807, 2.05) is 45.0 Å². The molecule has 0 fully saturated rings. The number of nitrogens with zero attached hydrogens (tertiary/aromatic N) is 3. The van der Waals surface area contributed by atoms with Crippen molar-refractivity contribution in [3.8, 4) is 11.1 Å². The van der Waals surface area contributed by atoms with Crippen molar-refractivity contribution < 1.29 is 9.18 Å². The third-order valence-electron chi connectivity index (χ3n) is 7.04. The summed E-state index contributed by atoms with van der Waals surface area (Å²) in [6.07, 6.45) is 2.63. The number of pyridine rings is 1. The number of hydrogen-bond donors (Lipinski definition) is 2. The highest BCUT2D eigenvalue weighted by molar-refractivity contribution is 6.00. The van der Waals surface area contributed by atoms with Crippen LogP contribution in [0.1, 0.15) is 51.8 Å². The van der Waals surface area contributed by atoms with Crippen LogP contribution in [-0.4, -0.2) is 22.6 Å². The van der Waals surface area contributed by atoms with Crippen LogP contribution in [0, 0.1) is 12.7 Å². The number of rotatable bonds is 3. The first-order chi connectivity index (χ1) is 15.7. The number of hydrogen-bond acceptors (Lipinski definition) is 5. The van der Waals surface area contributed by atoms with Crippen LogP contribution in [0.15, 0.2) is 69.3 Å². The number of allylic oxidation sites excluding steroid dienone is 1. The quantitative estimate of drug-likeness (QED) is 0.693. The van der Waals surface area contributed by atoms with Crippen LogP contribution in [0.25, 0.3) is 11.1 Å². The summed E-state index contributed by atoms with van der Waals surface area (Å²) in [7, 11) is 0. The van der Waals surface area contributed by atoms with Gasteiger partial charge in [-0.05, 0) is 57.4 Å². The zero-order valence-electron chi connectivity index (χ0n) is 19.6. The smallest absolute Gasteiger partial charge is 0.250 e. The summed E-state index contributed by atoms with van der Waals surface area (Å²) in [6.45, 7) is 9.73. The van der Waals surface area contributed by atoms with E-state index in [1.165, 1.54) is 0 Å². The van der Waals surface area contributed by atoms with Gasteiger partial charge in [-0.3, -0.25) is 9.78 Å². The normalized spacial score (nSPS) is 25.5. The summed E-state index contributed by atoms with van der Waals surface area (Å²) < 4.78 is 14.9. The summed E-state index contributed by atoms with van der Waals surface area (Å²) in [6, 6.07) is 9.54. The maximum atomic E-state index is 14.9. The lowest BCUT2D eigenvalue weighted by atomic mass is 9.61. The number of aromatic nitrogens is 1. The standard InChI is InChI=1S/C26H28FN5O/c1-6-26(17-9-7-8-16(12-17)18-10-11-28-15(3)22(18)27)20-14(2)31-32-23(20)29-19-13-25(4,5)30-24(33)21(19)26/h7-12,23,29H,6,13H2,1-5H3,(H,30,33). The van der Waals surface area contributed by atoms with Gasteiger partial charge in [0.15, 0.2) is 12.0 Å². The molecule has 7 heteroatoms. The highest BCUT2D eigenvalue weighted by atomic mass is 19.1. The molecular formula is C26H28FN5O. The molecule has 0 aliphatic carbocycles. The van der Waals surface area contributed by atoms with Crippen molar-refractivity contribution in [1.82, 2.24) is 15.6 Å². The first-order valence-corrected chi connectivity index (χ1v) is 11.3. The predicted octanol–water partition coefficient (Wildman–Crippen LogP) is 5.07. The fourth-order valence-corrected chi connectivity index (χ4v) is 5.65. The maximum absolute atomic E-state index is 14.9.